The molecule has 1 N–H and O–H groups in total. The maximum absolute atomic E-state index is 13.0. The predicted octanol–water partition coefficient (Wildman–Crippen LogP) is 5.47. The lowest BCUT2D eigenvalue weighted by Crippen LogP contribution is -2.40. The molecule has 0 aromatic heterocycles. The van der Waals surface area contributed by atoms with Crippen LogP contribution in [0.1, 0.15) is 38.0 Å². The molecule has 0 aliphatic rings. The highest BCUT2D eigenvalue weighted by Crippen LogP contribution is 2.27. The molecule has 6 nitrogen and oxygen atoms in total. The number of carbonyl (C=O) groups excluding carboxylic acids is 2. The summed E-state index contributed by atoms with van der Waals surface area (Å²) in [6.07, 6.45) is -1.30. The van der Waals surface area contributed by atoms with E-state index in [0.29, 0.717) is 5.69 Å². The van der Waals surface area contributed by atoms with Gasteiger partial charge in [-0.2, -0.15) is 0 Å². The third-order valence-electron chi connectivity index (χ3n) is 4.52. The number of esters is 1. The van der Waals surface area contributed by atoms with Gasteiger partial charge in [0.1, 0.15) is 17.9 Å². The van der Waals surface area contributed by atoms with Gasteiger partial charge in [0, 0.05) is 5.69 Å². The zero-order chi connectivity index (χ0) is 23.1. The number of rotatable bonds is 6. The summed E-state index contributed by atoms with van der Waals surface area (Å²) in [7, 11) is 0. The molecule has 0 atom stereocenters. The first-order chi connectivity index (χ1) is 15.2. The van der Waals surface area contributed by atoms with Gasteiger partial charge in [-0.3, -0.25) is 9.69 Å². The second kappa shape index (κ2) is 10.0. The number of amides is 1. The van der Waals surface area contributed by atoms with Crippen LogP contribution >= 0.6 is 0 Å². The molecule has 0 saturated carbocycles. The van der Waals surface area contributed by atoms with E-state index in [1.54, 1.807) is 32.9 Å². The van der Waals surface area contributed by atoms with Crippen LogP contribution in [0.25, 0.3) is 0 Å². The van der Waals surface area contributed by atoms with Crippen LogP contribution in [-0.2, 0) is 14.3 Å². The Hall–Kier alpha value is -3.80. The number of benzene rings is 3. The van der Waals surface area contributed by atoms with Crippen molar-refractivity contribution in [2.75, 3.05) is 11.4 Å². The van der Waals surface area contributed by atoms with Crippen molar-refractivity contribution in [2.24, 2.45) is 0 Å². The highest BCUT2D eigenvalue weighted by Gasteiger charge is 2.28. The summed E-state index contributed by atoms with van der Waals surface area (Å²) >= 11 is 0. The maximum atomic E-state index is 13.0. The second-order valence-corrected chi connectivity index (χ2v) is 8.27. The van der Waals surface area contributed by atoms with E-state index in [1.165, 1.54) is 17.0 Å². The summed E-state index contributed by atoms with van der Waals surface area (Å²) in [6, 6.07) is 24.8. The predicted molar refractivity (Wildman–Crippen MR) is 123 cm³/mol. The average Bonchev–Trinajstić information content (AvgIpc) is 2.76. The number of carbonyl (C=O) groups is 2. The van der Waals surface area contributed by atoms with Gasteiger partial charge in [0.2, 0.25) is 0 Å². The van der Waals surface area contributed by atoms with Gasteiger partial charge in [0.15, 0.2) is 6.10 Å². The molecule has 32 heavy (non-hydrogen) atoms. The summed E-state index contributed by atoms with van der Waals surface area (Å²) in [5.41, 5.74) is 1.30. The number of hydrogen-bond donors (Lipinski definition) is 1. The first-order valence-electron chi connectivity index (χ1n) is 10.3. The number of phenols is 1. The van der Waals surface area contributed by atoms with Gasteiger partial charge in [0.25, 0.3) is 0 Å². The molecule has 3 aromatic carbocycles. The Morgan fingerprint density at radius 3 is 1.81 bits per heavy atom. The fourth-order valence-electron chi connectivity index (χ4n) is 3.09. The first kappa shape index (κ1) is 22.9. The van der Waals surface area contributed by atoms with Gasteiger partial charge in [-0.25, -0.2) is 4.79 Å². The molecule has 3 rings (SSSR count). The minimum Gasteiger partial charge on any atom is -0.508 e. The van der Waals surface area contributed by atoms with E-state index in [4.69, 9.17) is 9.47 Å². The SMILES string of the molecule is CC(C)(C)OC(=O)N(CC(=O)OC(c1ccccc1)c1ccccc1)c1ccc(O)cc1. The molecule has 0 saturated heterocycles. The molecule has 1 amide bonds. The summed E-state index contributed by atoms with van der Waals surface area (Å²) in [5, 5.41) is 9.59. The van der Waals surface area contributed by atoms with E-state index in [-0.39, 0.29) is 12.3 Å². The van der Waals surface area contributed by atoms with Crippen molar-refractivity contribution < 1.29 is 24.2 Å². The molecule has 6 heteroatoms. The van der Waals surface area contributed by atoms with Crippen molar-refractivity contribution in [1.82, 2.24) is 0 Å². The molecule has 0 aliphatic heterocycles. The summed E-state index contributed by atoms with van der Waals surface area (Å²) < 4.78 is 11.3. The van der Waals surface area contributed by atoms with Gasteiger partial charge < -0.3 is 14.6 Å². The van der Waals surface area contributed by atoms with E-state index >= 15 is 0 Å². The molecule has 0 spiro atoms. The van der Waals surface area contributed by atoms with E-state index < -0.39 is 23.8 Å². The Morgan fingerprint density at radius 1 is 0.844 bits per heavy atom. The first-order valence-corrected chi connectivity index (χ1v) is 10.3. The highest BCUT2D eigenvalue weighted by molar-refractivity contribution is 5.93. The summed E-state index contributed by atoms with van der Waals surface area (Å²) in [5.74, 6) is -0.546. The zero-order valence-corrected chi connectivity index (χ0v) is 18.4. The molecule has 0 radical (unpaired) electrons. The monoisotopic (exact) mass is 433 g/mol. The Labute approximate surface area is 188 Å². The second-order valence-electron chi connectivity index (χ2n) is 8.27. The molecular formula is C26H27NO5. The van der Waals surface area contributed by atoms with Crippen molar-refractivity contribution >= 4 is 17.7 Å². The lowest BCUT2D eigenvalue weighted by molar-refractivity contribution is -0.145. The normalized spacial score (nSPS) is 11.1. The molecule has 3 aromatic rings. The number of ether oxygens (including phenoxy) is 2. The molecule has 0 bridgehead atoms. The summed E-state index contributed by atoms with van der Waals surface area (Å²) in [4.78, 5) is 27.0. The van der Waals surface area contributed by atoms with Crippen LogP contribution in [0.3, 0.4) is 0 Å². The van der Waals surface area contributed by atoms with Crippen molar-refractivity contribution in [3.63, 3.8) is 0 Å². The number of nitrogens with zero attached hydrogens (tertiary/aromatic N) is 1. The molecular weight excluding hydrogens is 406 g/mol. The van der Waals surface area contributed by atoms with Crippen molar-refractivity contribution in [3.8, 4) is 5.75 Å². The standard InChI is InChI=1S/C26H27NO5/c1-26(2,3)32-25(30)27(21-14-16-22(28)17-15-21)18-23(29)31-24(19-10-6-4-7-11-19)20-12-8-5-9-13-20/h4-17,24,28H,18H2,1-3H3. The molecule has 0 heterocycles. The maximum Gasteiger partial charge on any atom is 0.415 e. The number of hydrogen-bond acceptors (Lipinski definition) is 5. The lowest BCUT2D eigenvalue weighted by atomic mass is 10.0. The van der Waals surface area contributed by atoms with Crippen LogP contribution in [0.15, 0.2) is 84.9 Å². The van der Waals surface area contributed by atoms with Gasteiger partial charge >= 0.3 is 12.1 Å². The van der Waals surface area contributed by atoms with Crippen LogP contribution < -0.4 is 4.90 Å². The Morgan fingerprint density at radius 2 is 1.34 bits per heavy atom. The molecule has 0 fully saturated rings. The van der Waals surface area contributed by atoms with Gasteiger partial charge in [0.05, 0.1) is 0 Å². The summed E-state index contributed by atoms with van der Waals surface area (Å²) in [6.45, 7) is 4.90. The van der Waals surface area contributed by atoms with E-state index in [0.717, 1.165) is 11.1 Å². The van der Waals surface area contributed by atoms with Crippen LogP contribution in [0.2, 0.25) is 0 Å². The Balaban J connectivity index is 1.85. The largest absolute Gasteiger partial charge is 0.508 e. The van der Waals surface area contributed by atoms with E-state index in [2.05, 4.69) is 0 Å². The molecule has 0 aliphatic carbocycles. The smallest absolute Gasteiger partial charge is 0.415 e. The van der Waals surface area contributed by atoms with Crippen LogP contribution in [0, 0.1) is 0 Å². The molecule has 0 unspecified atom stereocenters. The van der Waals surface area contributed by atoms with Crippen molar-refractivity contribution in [2.45, 2.75) is 32.5 Å². The minimum absolute atomic E-state index is 0.0497. The van der Waals surface area contributed by atoms with Gasteiger partial charge in [-0.15, -0.1) is 0 Å². The topological polar surface area (TPSA) is 76.1 Å². The highest BCUT2D eigenvalue weighted by atomic mass is 16.6. The number of aromatic hydroxyl groups is 1. The fourth-order valence-corrected chi connectivity index (χ4v) is 3.09. The third kappa shape index (κ3) is 6.35. The van der Waals surface area contributed by atoms with Crippen LogP contribution in [0.5, 0.6) is 5.75 Å². The van der Waals surface area contributed by atoms with Crippen LogP contribution in [0.4, 0.5) is 10.5 Å². The number of anilines is 1. The van der Waals surface area contributed by atoms with Gasteiger partial charge in [-0.1, -0.05) is 60.7 Å². The quantitative estimate of drug-likeness (QED) is 0.522. The van der Waals surface area contributed by atoms with E-state index in [1.807, 2.05) is 60.7 Å². The average molecular weight is 434 g/mol. The minimum atomic E-state index is -0.743. The van der Waals surface area contributed by atoms with Gasteiger partial charge in [-0.05, 0) is 56.2 Å². The lowest BCUT2D eigenvalue weighted by Gasteiger charge is -2.27. The van der Waals surface area contributed by atoms with E-state index in [9.17, 15) is 14.7 Å². The van der Waals surface area contributed by atoms with Crippen molar-refractivity contribution in [1.29, 1.82) is 0 Å². The van der Waals surface area contributed by atoms with Crippen molar-refractivity contribution in [3.05, 3.63) is 96.1 Å². The fraction of sp³-hybridized carbons (Fsp3) is 0.231. The third-order valence-corrected chi connectivity index (χ3v) is 4.52. The molecule has 166 valence electrons. The zero-order valence-electron chi connectivity index (χ0n) is 18.4. The Bertz CT molecular complexity index is 988. The van der Waals surface area contributed by atoms with Crippen LogP contribution in [-0.4, -0.2) is 29.3 Å². The number of phenolic OH excluding ortho intramolecular Hbond substituents is 1. The Kier molecular flexibility index (Phi) is 7.15.